The maximum absolute atomic E-state index is 13.5. The molecule has 1 saturated heterocycles. The Morgan fingerprint density at radius 1 is 1.45 bits per heavy atom. The quantitative estimate of drug-likeness (QED) is 0.557. The molecule has 0 amide bonds. The number of nitriles is 1. The molecule has 1 aliphatic heterocycles. The smallest absolute Gasteiger partial charge is 0.191 e. The van der Waals surface area contributed by atoms with Gasteiger partial charge in [-0.15, -0.1) is 0 Å². The van der Waals surface area contributed by atoms with E-state index in [1.165, 1.54) is 12.1 Å². The number of hydrogen-bond acceptors (Lipinski definition) is 4. The number of carbonyl (C=O) groups is 1. The van der Waals surface area contributed by atoms with E-state index >= 15 is 0 Å². The number of halogens is 1. The van der Waals surface area contributed by atoms with Crippen LogP contribution in [0.2, 0.25) is 0 Å². The molecule has 0 saturated carbocycles. The maximum atomic E-state index is 13.5. The van der Waals surface area contributed by atoms with Crippen LogP contribution in [0.15, 0.2) is 35.5 Å². The third kappa shape index (κ3) is 4.36. The summed E-state index contributed by atoms with van der Waals surface area (Å²) in [5, 5.41) is 10.7. The average molecular weight is 393 g/mol. The van der Waals surface area contributed by atoms with Gasteiger partial charge in [-0.25, -0.2) is 4.39 Å². The van der Waals surface area contributed by atoms with Crippen LogP contribution < -0.4 is 10.6 Å². The first kappa shape index (κ1) is 20.7. The summed E-state index contributed by atoms with van der Waals surface area (Å²) in [5.74, 6) is -0.877. The van der Waals surface area contributed by atoms with Gasteiger partial charge in [0, 0.05) is 34.2 Å². The summed E-state index contributed by atoms with van der Waals surface area (Å²) >= 11 is 0. The van der Waals surface area contributed by atoms with Crippen LogP contribution in [0.25, 0.3) is 12.3 Å². The van der Waals surface area contributed by atoms with Crippen LogP contribution in [0, 0.1) is 17.1 Å². The molecule has 2 heterocycles. The fraction of sp³-hybridized carbons (Fsp3) is 0.348. The minimum Gasteiger partial charge on any atom is -0.347 e. The molecular weight excluding hydrogens is 369 g/mol. The van der Waals surface area contributed by atoms with E-state index in [-0.39, 0.29) is 23.1 Å². The van der Waals surface area contributed by atoms with Crippen molar-refractivity contribution in [2.24, 2.45) is 4.99 Å². The van der Waals surface area contributed by atoms with Gasteiger partial charge in [0.15, 0.2) is 5.78 Å². The number of carbonyl (C=O) groups excluding carboxylic acids is 1. The molecule has 0 spiro atoms. The fourth-order valence-electron chi connectivity index (χ4n) is 3.45. The van der Waals surface area contributed by atoms with Crippen molar-refractivity contribution in [2.45, 2.75) is 51.9 Å². The van der Waals surface area contributed by atoms with Crippen molar-refractivity contribution in [1.29, 1.82) is 5.26 Å². The molecule has 150 valence electrons. The van der Waals surface area contributed by atoms with E-state index < -0.39 is 11.9 Å². The van der Waals surface area contributed by atoms with Gasteiger partial charge in [0.1, 0.15) is 24.2 Å². The molecule has 2 aromatic rings. The van der Waals surface area contributed by atoms with Crippen molar-refractivity contribution in [1.82, 2.24) is 4.57 Å². The molecule has 0 radical (unpaired) electrons. The van der Waals surface area contributed by atoms with E-state index in [2.05, 4.69) is 18.5 Å². The van der Waals surface area contributed by atoms with Crippen molar-refractivity contribution in [3.05, 3.63) is 58.0 Å². The van der Waals surface area contributed by atoms with Crippen LogP contribution in [0.5, 0.6) is 0 Å². The van der Waals surface area contributed by atoms with Gasteiger partial charge in [-0.1, -0.05) is 19.9 Å². The lowest BCUT2D eigenvalue weighted by atomic mass is 10.0. The molecule has 6 heteroatoms. The third-order valence-electron chi connectivity index (χ3n) is 5.09. The first-order valence-corrected chi connectivity index (χ1v) is 9.74. The Hall–Kier alpha value is -3.04. The second-order valence-corrected chi connectivity index (χ2v) is 7.10. The number of aliphatic imine (C=N–C) groups is 1. The Morgan fingerprint density at radius 2 is 2.24 bits per heavy atom. The van der Waals surface area contributed by atoms with Crippen molar-refractivity contribution < 1.29 is 13.9 Å². The molecule has 0 aliphatic carbocycles. The Bertz CT molecular complexity index is 1090. The summed E-state index contributed by atoms with van der Waals surface area (Å²) in [6, 6.07) is 7.53. The van der Waals surface area contributed by atoms with Crippen molar-refractivity contribution in [3.8, 4) is 6.07 Å². The zero-order chi connectivity index (χ0) is 21.0. The van der Waals surface area contributed by atoms with Gasteiger partial charge in [-0.3, -0.25) is 9.79 Å². The number of nitrogens with zero attached hydrogens (tertiary/aromatic N) is 3. The van der Waals surface area contributed by atoms with E-state index in [1.807, 2.05) is 30.0 Å². The maximum Gasteiger partial charge on any atom is 0.191 e. The van der Waals surface area contributed by atoms with Gasteiger partial charge < -0.3 is 9.30 Å². The van der Waals surface area contributed by atoms with E-state index in [9.17, 15) is 9.18 Å². The zero-order valence-electron chi connectivity index (χ0n) is 16.7. The van der Waals surface area contributed by atoms with Gasteiger partial charge in [0.05, 0.1) is 5.56 Å². The summed E-state index contributed by atoms with van der Waals surface area (Å²) < 4.78 is 21.4. The van der Waals surface area contributed by atoms with Crippen molar-refractivity contribution in [2.75, 3.05) is 0 Å². The highest BCUT2D eigenvalue weighted by molar-refractivity contribution is 5.99. The standard InChI is InChI=1S/C23H24FN3O2/c1-4-5-11-26-15(2)19-10-12-27(16(19)3)22-9-8-21(29-22)23(28)17-6-7-20(24)18(13-17)14-25/h6-7,10-13,21-22H,3-5,8-9H2,1-2H3/b19-15-,26-11?. The van der Waals surface area contributed by atoms with Crippen LogP contribution in [-0.2, 0) is 4.74 Å². The summed E-state index contributed by atoms with van der Waals surface area (Å²) in [6.07, 6.45) is 6.07. The molecule has 1 aliphatic rings. The van der Waals surface area contributed by atoms with Crippen LogP contribution in [-0.4, -0.2) is 22.7 Å². The Morgan fingerprint density at radius 3 is 2.97 bits per heavy atom. The van der Waals surface area contributed by atoms with Crippen LogP contribution in [0.1, 0.15) is 61.7 Å². The van der Waals surface area contributed by atoms with Gasteiger partial charge >= 0.3 is 0 Å². The highest BCUT2D eigenvalue weighted by Crippen LogP contribution is 2.29. The summed E-state index contributed by atoms with van der Waals surface area (Å²) in [6.45, 7) is 8.21. The molecule has 29 heavy (non-hydrogen) atoms. The number of benzene rings is 1. The highest BCUT2D eigenvalue weighted by Gasteiger charge is 2.32. The molecule has 2 atom stereocenters. The van der Waals surface area contributed by atoms with Crippen LogP contribution in [0.4, 0.5) is 4.39 Å². The van der Waals surface area contributed by atoms with Gasteiger partial charge in [-0.2, -0.15) is 5.26 Å². The van der Waals surface area contributed by atoms with Crippen LogP contribution >= 0.6 is 0 Å². The normalized spacial score (nSPS) is 20.1. The number of hydrogen-bond donors (Lipinski definition) is 0. The monoisotopic (exact) mass is 393 g/mol. The third-order valence-corrected chi connectivity index (χ3v) is 5.09. The lowest BCUT2D eigenvalue weighted by Gasteiger charge is -2.15. The van der Waals surface area contributed by atoms with E-state index in [0.717, 1.165) is 35.2 Å². The topological polar surface area (TPSA) is 67.4 Å². The number of ether oxygens (including phenoxy) is 1. The number of rotatable bonds is 6. The largest absolute Gasteiger partial charge is 0.347 e. The Labute approximate surface area is 169 Å². The zero-order valence-corrected chi connectivity index (χ0v) is 16.7. The highest BCUT2D eigenvalue weighted by atomic mass is 19.1. The molecule has 0 bridgehead atoms. The van der Waals surface area contributed by atoms with E-state index in [0.29, 0.717) is 12.8 Å². The average Bonchev–Trinajstić information content (AvgIpc) is 3.34. The summed E-state index contributed by atoms with van der Waals surface area (Å²) in [4.78, 5) is 17.2. The molecule has 5 nitrogen and oxygen atoms in total. The molecule has 1 fully saturated rings. The minimum absolute atomic E-state index is 0.143. The van der Waals surface area contributed by atoms with Gasteiger partial charge in [-0.05, 0) is 50.5 Å². The second kappa shape index (κ2) is 8.97. The lowest BCUT2D eigenvalue weighted by molar-refractivity contribution is 0.00616. The van der Waals surface area contributed by atoms with Crippen molar-refractivity contribution >= 4 is 24.3 Å². The van der Waals surface area contributed by atoms with Gasteiger partial charge in [0.25, 0.3) is 0 Å². The predicted molar refractivity (Wildman–Crippen MR) is 110 cm³/mol. The molecular formula is C23H24FN3O2. The number of Topliss-reactive ketones (excluding diaryl/α,β-unsaturated/α-hetero) is 1. The SMILES string of the molecule is C=c1/c(=C(/C)N=CCCC)ccn1C1CCC(C(=O)c2ccc(F)c(C#N)c2)O1. The first-order valence-electron chi connectivity index (χ1n) is 9.74. The van der Waals surface area contributed by atoms with Crippen LogP contribution in [0.3, 0.4) is 0 Å². The molecule has 1 aromatic heterocycles. The van der Waals surface area contributed by atoms with Crippen molar-refractivity contribution in [3.63, 3.8) is 0 Å². The number of unbranched alkanes of at least 4 members (excludes halogenated alkanes) is 1. The second-order valence-electron chi connectivity index (χ2n) is 7.10. The Balaban J connectivity index is 1.78. The number of ketones is 1. The summed E-state index contributed by atoms with van der Waals surface area (Å²) in [5.41, 5.74) is 1.03. The van der Waals surface area contributed by atoms with E-state index in [4.69, 9.17) is 10.00 Å². The predicted octanol–water partition coefficient (Wildman–Crippen LogP) is 3.47. The van der Waals surface area contributed by atoms with E-state index in [1.54, 1.807) is 6.07 Å². The molecule has 0 N–H and O–H groups in total. The molecule has 3 rings (SSSR count). The number of aromatic nitrogens is 1. The van der Waals surface area contributed by atoms with Gasteiger partial charge in [0.2, 0.25) is 0 Å². The minimum atomic E-state index is -0.635. The molecule has 2 unspecified atom stereocenters. The fourth-order valence-corrected chi connectivity index (χ4v) is 3.45. The summed E-state index contributed by atoms with van der Waals surface area (Å²) in [7, 11) is 0. The molecule has 1 aromatic carbocycles. The lowest BCUT2D eigenvalue weighted by Crippen LogP contribution is -2.31. The first-order chi connectivity index (χ1) is 14.0. The Kier molecular flexibility index (Phi) is 6.40.